The van der Waals surface area contributed by atoms with Crippen molar-refractivity contribution in [3.05, 3.63) is 59.4 Å². The summed E-state index contributed by atoms with van der Waals surface area (Å²) in [4.78, 5) is 6.40. The minimum atomic E-state index is 0.870. The predicted molar refractivity (Wildman–Crippen MR) is 85.1 cm³/mol. The second-order valence-electron chi connectivity index (χ2n) is 5.31. The number of hydrogen-bond acceptors (Lipinski definition) is 3. The average Bonchev–Trinajstić information content (AvgIpc) is 2.43. The van der Waals surface area contributed by atoms with E-state index in [4.69, 9.17) is 0 Å². The van der Waals surface area contributed by atoms with E-state index < -0.39 is 0 Å². The largest absolute Gasteiger partial charge is 0.373 e. The van der Waals surface area contributed by atoms with Crippen LogP contribution in [0, 0.1) is 13.8 Å². The second kappa shape index (κ2) is 7.06. The van der Waals surface area contributed by atoms with Crippen LogP contribution < -0.4 is 10.2 Å². The van der Waals surface area contributed by atoms with E-state index in [1.165, 1.54) is 22.4 Å². The summed E-state index contributed by atoms with van der Waals surface area (Å²) in [7, 11) is 2.14. The highest BCUT2D eigenvalue weighted by molar-refractivity contribution is 5.50. The van der Waals surface area contributed by atoms with E-state index >= 15 is 0 Å². The number of anilines is 1. The molecule has 3 nitrogen and oxygen atoms in total. The quantitative estimate of drug-likeness (QED) is 0.817. The van der Waals surface area contributed by atoms with Gasteiger partial charge in [-0.3, -0.25) is 4.98 Å². The van der Waals surface area contributed by atoms with Gasteiger partial charge in [0.1, 0.15) is 0 Å². The van der Waals surface area contributed by atoms with Crippen molar-refractivity contribution in [2.24, 2.45) is 0 Å². The van der Waals surface area contributed by atoms with Crippen molar-refractivity contribution in [2.45, 2.75) is 20.4 Å². The number of benzene rings is 1. The van der Waals surface area contributed by atoms with Gasteiger partial charge in [0.2, 0.25) is 0 Å². The van der Waals surface area contributed by atoms with Crippen LogP contribution in [0.4, 0.5) is 5.69 Å². The van der Waals surface area contributed by atoms with Gasteiger partial charge in [-0.1, -0.05) is 12.1 Å². The Morgan fingerprint density at radius 1 is 1.15 bits per heavy atom. The standard InChI is InChI=1S/C17H23N3/c1-14-9-15(2)11-17(10-14)20(3)8-7-19-13-16-5-4-6-18-12-16/h4-6,9-12,19H,7-8,13H2,1-3H3. The molecule has 106 valence electrons. The summed E-state index contributed by atoms with van der Waals surface area (Å²) in [6.45, 7) is 7.10. The first-order valence-corrected chi connectivity index (χ1v) is 7.04. The number of aryl methyl sites for hydroxylation is 2. The topological polar surface area (TPSA) is 28.2 Å². The number of nitrogens with zero attached hydrogens (tertiary/aromatic N) is 2. The summed E-state index contributed by atoms with van der Waals surface area (Å²) in [5.74, 6) is 0. The Balaban J connectivity index is 1.79. The summed E-state index contributed by atoms with van der Waals surface area (Å²) in [6, 6.07) is 10.7. The molecule has 2 rings (SSSR count). The van der Waals surface area contributed by atoms with Crippen LogP contribution in [0.1, 0.15) is 16.7 Å². The van der Waals surface area contributed by atoms with Crippen LogP contribution in [0.3, 0.4) is 0 Å². The molecule has 1 aromatic heterocycles. The van der Waals surface area contributed by atoms with E-state index in [9.17, 15) is 0 Å². The molecule has 0 aliphatic heterocycles. The van der Waals surface area contributed by atoms with E-state index in [1.807, 2.05) is 12.3 Å². The lowest BCUT2D eigenvalue weighted by Crippen LogP contribution is -2.29. The maximum absolute atomic E-state index is 4.12. The number of aromatic nitrogens is 1. The van der Waals surface area contributed by atoms with Crippen molar-refractivity contribution in [1.29, 1.82) is 0 Å². The predicted octanol–water partition coefficient (Wildman–Crippen LogP) is 2.92. The Bertz CT molecular complexity index is 517. The zero-order valence-electron chi connectivity index (χ0n) is 12.6. The monoisotopic (exact) mass is 269 g/mol. The van der Waals surface area contributed by atoms with Gasteiger partial charge in [-0.05, 0) is 48.7 Å². The van der Waals surface area contributed by atoms with Crippen molar-refractivity contribution in [2.75, 3.05) is 25.0 Å². The lowest BCUT2D eigenvalue weighted by Gasteiger charge is -2.20. The van der Waals surface area contributed by atoms with Crippen LogP contribution in [-0.2, 0) is 6.54 Å². The van der Waals surface area contributed by atoms with Gasteiger partial charge < -0.3 is 10.2 Å². The molecule has 0 unspecified atom stereocenters. The summed E-state index contributed by atoms with van der Waals surface area (Å²) >= 11 is 0. The van der Waals surface area contributed by atoms with Crippen LogP contribution in [0.25, 0.3) is 0 Å². The molecule has 3 heteroatoms. The lowest BCUT2D eigenvalue weighted by atomic mass is 10.1. The molecule has 20 heavy (non-hydrogen) atoms. The van der Waals surface area contributed by atoms with E-state index in [-0.39, 0.29) is 0 Å². The van der Waals surface area contributed by atoms with Gasteiger partial charge >= 0.3 is 0 Å². The van der Waals surface area contributed by atoms with Crippen molar-refractivity contribution in [1.82, 2.24) is 10.3 Å². The maximum atomic E-state index is 4.12. The summed E-state index contributed by atoms with van der Waals surface area (Å²) in [5.41, 5.74) is 5.14. The van der Waals surface area contributed by atoms with Gasteiger partial charge in [-0.15, -0.1) is 0 Å². The van der Waals surface area contributed by atoms with Crippen LogP contribution in [0.2, 0.25) is 0 Å². The van der Waals surface area contributed by atoms with E-state index in [2.05, 4.69) is 60.4 Å². The molecule has 0 saturated carbocycles. The molecule has 1 N–H and O–H groups in total. The van der Waals surface area contributed by atoms with Gasteiger partial charge in [0.25, 0.3) is 0 Å². The van der Waals surface area contributed by atoms with Gasteiger partial charge in [0.15, 0.2) is 0 Å². The molecule has 0 aliphatic carbocycles. The SMILES string of the molecule is Cc1cc(C)cc(N(C)CCNCc2cccnc2)c1. The molecule has 2 aromatic rings. The van der Waals surface area contributed by atoms with Gasteiger partial charge in [-0.2, -0.15) is 0 Å². The van der Waals surface area contributed by atoms with Crippen LogP contribution in [0.5, 0.6) is 0 Å². The van der Waals surface area contributed by atoms with E-state index in [1.54, 1.807) is 6.20 Å². The molecule has 0 amide bonds. The van der Waals surface area contributed by atoms with Crippen LogP contribution in [0.15, 0.2) is 42.7 Å². The summed E-state index contributed by atoms with van der Waals surface area (Å²) in [5, 5.41) is 3.45. The zero-order valence-corrected chi connectivity index (χ0v) is 12.6. The number of hydrogen-bond donors (Lipinski definition) is 1. The number of rotatable bonds is 6. The first-order chi connectivity index (χ1) is 9.65. The molecular weight excluding hydrogens is 246 g/mol. The summed E-state index contributed by atoms with van der Waals surface area (Å²) in [6.07, 6.45) is 3.71. The highest BCUT2D eigenvalue weighted by Gasteiger charge is 2.02. The summed E-state index contributed by atoms with van der Waals surface area (Å²) < 4.78 is 0. The first kappa shape index (κ1) is 14.5. The van der Waals surface area contributed by atoms with E-state index in [0.29, 0.717) is 0 Å². The third kappa shape index (κ3) is 4.35. The fourth-order valence-electron chi connectivity index (χ4n) is 2.28. The minimum Gasteiger partial charge on any atom is -0.373 e. The molecular formula is C17H23N3. The van der Waals surface area contributed by atoms with Gasteiger partial charge in [-0.25, -0.2) is 0 Å². The molecule has 0 saturated heterocycles. The Kier molecular flexibility index (Phi) is 5.13. The smallest absolute Gasteiger partial charge is 0.0369 e. The maximum Gasteiger partial charge on any atom is 0.0369 e. The fourth-order valence-corrected chi connectivity index (χ4v) is 2.28. The molecule has 1 heterocycles. The lowest BCUT2D eigenvalue weighted by molar-refractivity contribution is 0.678. The Hall–Kier alpha value is -1.87. The molecule has 0 bridgehead atoms. The zero-order chi connectivity index (χ0) is 14.4. The average molecular weight is 269 g/mol. The molecule has 0 atom stereocenters. The number of nitrogens with one attached hydrogen (secondary N) is 1. The number of likely N-dealkylation sites (N-methyl/N-ethyl adjacent to an activating group) is 1. The van der Waals surface area contributed by atoms with Gasteiger partial charge in [0, 0.05) is 44.8 Å². The third-order valence-electron chi connectivity index (χ3n) is 3.32. The minimum absolute atomic E-state index is 0.870. The Morgan fingerprint density at radius 2 is 1.90 bits per heavy atom. The molecule has 0 spiro atoms. The van der Waals surface area contributed by atoms with Gasteiger partial charge in [0.05, 0.1) is 0 Å². The normalized spacial score (nSPS) is 10.6. The molecule has 0 aliphatic rings. The molecule has 0 radical (unpaired) electrons. The van der Waals surface area contributed by atoms with Crippen LogP contribution in [-0.4, -0.2) is 25.1 Å². The Labute approximate surface area is 121 Å². The van der Waals surface area contributed by atoms with Crippen molar-refractivity contribution >= 4 is 5.69 Å². The fraction of sp³-hybridized carbons (Fsp3) is 0.353. The highest BCUT2D eigenvalue weighted by Crippen LogP contribution is 2.16. The van der Waals surface area contributed by atoms with Crippen molar-refractivity contribution in [3.63, 3.8) is 0 Å². The van der Waals surface area contributed by atoms with Crippen LogP contribution >= 0.6 is 0 Å². The third-order valence-corrected chi connectivity index (χ3v) is 3.32. The van der Waals surface area contributed by atoms with E-state index in [0.717, 1.165) is 19.6 Å². The van der Waals surface area contributed by atoms with Crippen molar-refractivity contribution < 1.29 is 0 Å². The highest BCUT2D eigenvalue weighted by atomic mass is 15.1. The second-order valence-corrected chi connectivity index (χ2v) is 5.31. The molecule has 0 fully saturated rings. The molecule has 1 aromatic carbocycles. The number of pyridine rings is 1. The van der Waals surface area contributed by atoms with Crippen molar-refractivity contribution in [3.8, 4) is 0 Å². The Morgan fingerprint density at radius 3 is 2.55 bits per heavy atom. The first-order valence-electron chi connectivity index (χ1n) is 7.04.